The summed E-state index contributed by atoms with van der Waals surface area (Å²) in [5.74, 6) is 2.48. The molecule has 29 heavy (non-hydrogen) atoms. The molecule has 1 saturated heterocycles. The summed E-state index contributed by atoms with van der Waals surface area (Å²) < 4.78 is 12.8. The Labute approximate surface area is 171 Å². The van der Waals surface area contributed by atoms with Crippen LogP contribution >= 0.6 is 0 Å². The topological polar surface area (TPSA) is 66.9 Å². The quantitative estimate of drug-likeness (QED) is 0.662. The summed E-state index contributed by atoms with van der Waals surface area (Å²) in [6, 6.07) is 12.1. The monoisotopic (exact) mass is 396 g/mol. The van der Waals surface area contributed by atoms with E-state index in [9.17, 15) is 5.11 Å². The highest BCUT2D eigenvalue weighted by molar-refractivity contribution is 5.56. The predicted octanol–water partition coefficient (Wildman–Crippen LogP) is 2.56. The van der Waals surface area contributed by atoms with Crippen LogP contribution in [0.15, 0.2) is 53.2 Å². The van der Waals surface area contributed by atoms with E-state index in [0.29, 0.717) is 12.4 Å². The molecule has 0 saturated carbocycles. The number of aromatic nitrogens is 2. The van der Waals surface area contributed by atoms with Gasteiger partial charge < -0.3 is 23.7 Å². The van der Waals surface area contributed by atoms with Crippen LogP contribution in [0.3, 0.4) is 0 Å². The van der Waals surface area contributed by atoms with Gasteiger partial charge in [-0.1, -0.05) is 18.2 Å². The highest BCUT2D eigenvalue weighted by Crippen LogP contribution is 2.30. The first-order valence-electron chi connectivity index (χ1n) is 9.93. The van der Waals surface area contributed by atoms with Gasteiger partial charge in [0.1, 0.15) is 30.1 Å². The number of rotatable bonds is 7. The first-order chi connectivity index (χ1) is 14.2. The summed E-state index contributed by atoms with van der Waals surface area (Å²) in [5.41, 5.74) is 1.97. The first-order valence-corrected chi connectivity index (χ1v) is 9.93. The van der Waals surface area contributed by atoms with E-state index in [1.165, 1.54) is 0 Å². The zero-order valence-electron chi connectivity index (χ0n) is 17.0. The van der Waals surface area contributed by atoms with E-state index in [0.717, 1.165) is 55.5 Å². The molecule has 0 bridgehead atoms. The van der Waals surface area contributed by atoms with Gasteiger partial charge in [0.05, 0.1) is 6.54 Å². The molecule has 0 amide bonds. The van der Waals surface area contributed by atoms with Crippen molar-refractivity contribution in [2.24, 2.45) is 7.05 Å². The van der Waals surface area contributed by atoms with E-state index in [1.54, 1.807) is 13.3 Å². The SMILES string of the molecule is COCc1ccc(CN2CCN(c3ccccc3C(O)c3nccn3C)CC2)o1. The van der Waals surface area contributed by atoms with E-state index in [-0.39, 0.29) is 0 Å². The molecule has 1 atom stereocenters. The van der Waals surface area contributed by atoms with E-state index in [4.69, 9.17) is 9.15 Å². The van der Waals surface area contributed by atoms with Crippen LogP contribution in [0.2, 0.25) is 0 Å². The van der Waals surface area contributed by atoms with Crippen LogP contribution in [0.1, 0.15) is 29.0 Å². The zero-order chi connectivity index (χ0) is 20.2. The predicted molar refractivity (Wildman–Crippen MR) is 111 cm³/mol. The van der Waals surface area contributed by atoms with Gasteiger partial charge in [0.15, 0.2) is 0 Å². The number of para-hydroxylation sites is 1. The van der Waals surface area contributed by atoms with Crippen LogP contribution in [0, 0.1) is 0 Å². The summed E-state index contributed by atoms with van der Waals surface area (Å²) in [7, 11) is 3.57. The molecule has 1 aromatic carbocycles. The third-order valence-electron chi connectivity index (χ3n) is 5.43. The molecule has 7 nitrogen and oxygen atoms in total. The number of aliphatic hydroxyl groups is 1. The van der Waals surface area contributed by atoms with Crippen molar-refractivity contribution in [1.82, 2.24) is 14.5 Å². The Balaban J connectivity index is 1.41. The standard InChI is InChI=1S/C22H28N4O3/c1-24-10-9-23-22(24)21(27)19-5-3-4-6-20(19)26-13-11-25(12-14-26)15-17-7-8-18(29-17)16-28-2/h3-10,21,27H,11-16H2,1-2H3. The highest BCUT2D eigenvalue weighted by atomic mass is 16.5. The van der Waals surface area contributed by atoms with Crippen molar-refractivity contribution in [3.63, 3.8) is 0 Å². The molecule has 4 rings (SSSR count). The third-order valence-corrected chi connectivity index (χ3v) is 5.43. The fourth-order valence-electron chi connectivity index (χ4n) is 3.88. The second-order valence-corrected chi connectivity index (χ2v) is 7.42. The average Bonchev–Trinajstić information content (AvgIpc) is 3.37. The van der Waals surface area contributed by atoms with E-state index in [2.05, 4.69) is 20.9 Å². The summed E-state index contributed by atoms with van der Waals surface area (Å²) in [5, 5.41) is 10.9. The third kappa shape index (κ3) is 4.37. The lowest BCUT2D eigenvalue weighted by Gasteiger charge is -2.37. The zero-order valence-corrected chi connectivity index (χ0v) is 17.0. The second-order valence-electron chi connectivity index (χ2n) is 7.42. The van der Waals surface area contributed by atoms with Gasteiger partial charge in [0, 0.05) is 64.0 Å². The molecular formula is C22H28N4O3. The van der Waals surface area contributed by atoms with Gasteiger partial charge in [-0.3, -0.25) is 4.90 Å². The lowest BCUT2D eigenvalue weighted by Crippen LogP contribution is -2.46. The molecule has 0 spiro atoms. The van der Waals surface area contributed by atoms with E-state index in [1.807, 2.05) is 48.1 Å². The largest absolute Gasteiger partial charge is 0.462 e. The highest BCUT2D eigenvalue weighted by Gasteiger charge is 2.24. The number of aliphatic hydroxyl groups excluding tert-OH is 1. The van der Waals surface area contributed by atoms with Gasteiger partial charge in [0.25, 0.3) is 0 Å². The van der Waals surface area contributed by atoms with Gasteiger partial charge in [-0.25, -0.2) is 4.98 Å². The van der Waals surface area contributed by atoms with Gasteiger partial charge in [-0.2, -0.15) is 0 Å². The summed E-state index contributed by atoms with van der Waals surface area (Å²) in [4.78, 5) is 9.06. The molecular weight excluding hydrogens is 368 g/mol. The minimum absolute atomic E-state index is 0.503. The van der Waals surface area contributed by atoms with Gasteiger partial charge >= 0.3 is 0 Å². The summed E-state index contributed by atoms with van der Waals surface area (Å²) in [6.07, 6.45) is 2.82. The van der Waals surface area contributed by atoms with E-state index < -0.39 is 6.10 Å². The molecule has 154 valence electrons. The Morgan fingerprint density at radius 2 is 1.86 bits per heavy atom. The molecule has 3 heterocycles. The minimum Gasteiger partial charge on any atom is -0.462 e. The number of hydrogen-bond acceptors (Lipinski definition) is 6. The maximum atomic E-state index is 10.9. The van der Waals surface area contributed by atoms with Gasteiger partial charge in [-0.15, -0.1) is 0 Å². The van der Waals surface area contributed by atoms with Crippen LogP contribution in [0.5, 0.6) is 0 Å². The number of piperazine rings is 1. The van der Waals surface area contributed by atoms with Crippen molar-refractivity contribution in [3.8, 4) is 0 Å². The number of nitrogens with zero attached hydrogens (tertiary/aromatic N) is 4. The van der Waals surface area contributed by atoms with Crippen molar-refractivity contribution < 1.29 is 14.3 Å². The number of benzene rings is 1. The maximum absolute atomic E-state index is 10.9. The molecule has 1 fully saturated rings. The molecule has 1 N–H and O–H groups in total. The van der Waals surface area contributed by atoms with Crippen LogP contribution < -0.4 is 4.90 Å². The number of ether oxygens (including phenoxy) is 1. The van der Waals surface area contributed by atoms with Gasteiger partial charge in [-0.05, 0) is 18.2 Å². The molecule has 7 heteroatoms. The van der Waals surface area contributed by atoms with Gasteiger partial charge in [0.2, 0.25) is 0 Å². The van der Waals surface area contributed by atoms with Crippen LogP contribution in [-0.2, 0) is 24.9 Å². The Hall–Kier alpha value is -2.61. The Morgan fingerprint density at radius 3 is 2.59 bits per heavy atom. The molecule has 3 aromatic rings. The fraction of sp³-hybridized carbons (Fsp3) is 0.409. The fourth-order valence-corrected chi connectivity index (χ4v) is 3.88. The Kier molecular flexibility index (Phi) is 5.99. The second kappa shape index (κ2) is 8.82. The number of hydrogen-bond donors (Lipinski definition) is 1. The van der Waals surface area contributed by atoms with Crippen LogP contribution in [0.25, 0.3) is 0 Å². The molecule has 0 aliphatic carbocycles. The van der Waals surface area contributed by atoms with Crippen molar-refractivity contribution in [2.45, 2.75) is 19.3 Å². The molecule has 1 aliphatic rings. The lowest BCUT2D eigenvalue weighted by atomic mass is 10.0. The number of methoxy groups -OCH3 is 1. The first kappa shape index (κ1) is 19.7. The summed E-state index contributed by atoms with van der Waals surface area (Å²) >= 11 is 0. The average molecular weight is 396 g/mol. The number of furan rings is 1. The lowest BCUT2D eigenvalue weighted by molar-refractivity contribution is 0.158. The molecule has 1 unspecified atom stereocenters. The molecule has 0 radical (unpaired) electrons. The van der Waals surface area contributed by atoms with E-state index >= 15 is 0 Å². The van der Waals surface area contributed by atoms with Crippen molar-refractivity contribution in [1.29, 1.82) is 0 Å². The van der Waals surface area contributed by atoms with Crippen LogP contribution in [0.4, 0.5) is 5.69 Å². The van der Waals surface area contributed by atoms with Crippen LogP contribution in [-0.4, -0.2) is 52.8 Å². The number of imidazole rings is 1. The Morgan fingerprint density at radius 1 is 1.10 bits per heavy atom. The van der Waals surface area contributed by atoms with Crippen molar-refractivity contribution in [2.75, 3.05) is 38.2 Å². The molecule has 1 aliphatic heterocycles. The number of aryl methyl sites for hydroxylation is 1. The smallest absolute Gasteiger partial charge is 0.142 e. The molecule has 2 aromatic heterocycles. The Bertz CT molecular complexity index is 928. The number of anilines is 1. The normalized spacial score (nSPS) is 16.3. The van der Waals surface area contributed by atoms with Crippen molar-refractivity contribution >= 4 is 5.69 Å². The maximum Gasteiger partial charge on any atom is 0.142 e. The minimum atomic E-state index is -0.744. The van der Waals surface area contributed by atoms with Crippen molar-refractivity contribution in [3.05, 3.63) is 71.7 Å². The summed E-state index contributed by atoms with van der Waals surface area (Å²) in [6.45, 7) is 4.98.